The van der Waals surface area contributed by atoms with Gasteiger partial charge in [-0.05, 0) is 31.2 Å². The Morgan fingerprint density at radius 1 is 1.10 bits per heavy atom. The normalized spacial score (nSPS) is 10.9. The second-order valence-electron chi connectivity index (χ2n) is 6.44. The molecule has 0 fully saturated rings. The lowest BCUT2D eigenvalue weighted by molar-refractivity contribution is 0.0461. The number of oxazole rings is 1. The van der Waals surface area contributed by atoms with Crippen LogP contribution in [0.2, 0.25) is 0 Å². The minimum absolute atomic E-state index is 0.0107. The van der Waals surface area contributed by atoms with E-state index in [2.05, 4.69) is 9.97 Å². The van der Waals surface area contributed by atoms with Crippen molar-refractivity contribution in [3.8, 4) is 23.0 Å². The number of methoxy groups -OCH3 is 2. The summed E-state index contributed by atoms with van der Waals surface area (Å²) in [6.45, 7) is 1.81. The molecule has 0 bridgehead atoms. The number of nitrogens with zero attached hydrogens (tertiary/aromatic N) is 1. The van der Waals surface area contributed by atoms with Gasteiger partial charge in [0.2, 0.25) is 5.89 Å². The number of aromatic amines is 1. The number of aryl methyl sites for hydroxylation is 1. The maximum atomic E-state index is 12.5. The van der Waals surface area contributed by atoms with Gasteiger partial charge in [0.05, 0.1) is 19.7 Å². The van der Waals surface area contributed by atoms with Gasteiger partial charge in [0.15, 0.2) is 0 Å². The monoisotopic (exact) mass is 392 g/mol. The number of aromatic nitrogens is 2. The first-order chi connectivity index (χ1) is 14.1. The molecule has 0 atom stereocenters. The molecule has 0 aliphatic heterocycles. The van der Waals surface area contributed by atoms with Crippen LogP contribution in [0.25, 0.3) is 22.4 Å². The molecule has 0 saturated heterocycles. The van der Waals surface area contributed by atoms with Crippen LogP contribution >= 0.6 is 0 Å². The van der Waals surface area contributed by atoms with Crippen molar-refractivity contribution < 1.29 is 23.4 Å². The molecule has 29 heavy (non-hydrogen) atoms. The predicted octanol–water partition coefficient (Wildman–Crippen LogP) is 4.51. The Balaban J connectivity index is 1.52. The van der Waals surface area contributed by atoms with E-state index in [1.165, 1.54) is 0 Å². The summed E-state index contributed by atoms with van der Waals surface area (Å²) in [5.41, 5.74) is 2.46. The van der Waals surface area contributed by atoms with Crippen molar-refractivity contribution in [2.75, 3.05) is 14.2 Å². The van der Waals surface area contributed by atoms with Crippen LogP contribution in [0.5, 0.6) is 11.5 Å². The predicted molar refractivity (Wildman–Crippen MR) is 107 cm³/mol. The van der Waals surface area contributed by atoms with Crippen molar-refractivity contribution in [2.45, 2.75) is 13.5 Å². The van der Waals surface area contributed by atoms with Crippen LogP contribution < -0.4 is 9.47 Å². The third-order valence-electron chi connectivity index (χ3n) is 4.59. The molecular weight excluding hydrogens is 372 g/mol. The Hall–Kier alpha value is -3.74. The number of rotatable bonds is 6. The standard InChI is InChI=1S/C22H20N2O5/c1-13-18(24-21(29-13)14-7-5-4-6-8-14)12-28-22(25)17-10-15-9-16(26-2)11-19(27-3)20(15)23-17/h4-11,23H,12H2,1-3H3. The number of hydrogen-bond donors (Lipinski definition) is 1. The van der Waals surface area contributed by atoms with E-state index in [4.69, 9.17) is 18.6 Å². The van der Waals surface area contributed by atoms with Crippen LogP contribution in [-0.2, 0) is 11.3 Å². The Morgan fingerprint density at radius 2 is 1.90 bits per heavy atom. The highest BCUT2D eigenvalue weighted by Gasteiger charge is 2.17. The highest BCUT2D eigenvalue weighted by Crippen LogP contribution is 2.31. The van der Waals surface area contributed by atoms with Crippen molar-refractivity contribution in [1.29, 1.82) is 0 Å². The lowest BCUT2D eigenvalue weighted by atomic mass is 10.2. The minimum Gasteiger partial charge on any atom is -0.497 e. The van der Waals surface area contributed by atoms with E-state index in [9.17, 15) is 4.79 Å². The van der Waals surface area contributed by atoms with Gasteiger partial charge in [-0.2, -0.15) is 0 Å². The minimum atomic E-state index is -0.495. The van der Waals surface area contributed by atoms with Gasteiger partial charge in [-0.15, -0.1) is 0 Å². The van der Waals surface area contributed by atoms with Crippen molar-refractivity contribution in [3.05, 3.63) is 65.7 Å². The molecule has 148 valence electrons. The van der Waals surface area contributed by atoms with E-state index in [-0.39, 0.29) is 6.61 Å². The fourth-order valence-electron chi connectivity index (χ4n) is 3.05. The summed E-state index contributed by atoms with van der Waals surface area (Å²) in [4.78, 5) is 20.0. The highest BCUT2D eigenvalue weighted by atomic mass is 16.5. The second kappa shape index (κ2) is 7.71. The van der Waals surface area contributed by atoms with Crippen LogP contribution in [0, 0.1) is 6.92 Å². The first-order valence-electron chi connectivity index (χ1n) is 9.02. The molecule has 4 rings (SSSR count). The lowest BCUT2D eigenvalue weighted by Gasteiger charge is -2.05. The number of hydrogen-bond acceptors (Lipinski definition) is 6. The van der Waals surface area contributed by atoms with E-state index in [1.54, 1.807) is 33.3 Å². The summed E-state index contributed by atoms with van der Waals surface area (Å²) >= 11 is 0. The Bertz CT molecular complexity index is 1160. The van der Waals surface area contributed by atoms with Gasteiger partial charge in [0.1, 0.15) is 35.3 Å². The molecule has 4 aromatic rings. The summed E-state index contributed by atoms with van der Waals surface area (Å²) < 4.78 is 21.8. The first kappa shape index (κ1) is 18.6. The van der Waals surface area contributed by atoms with E-state index < -0.39 is 5.97 Å². The van der Waals surface area contributed by atoms with E-state index in [0.717, 1.165) is 10.9 Å². The number of carbonyl (C=O) groups excluding carboxylic acids is 1. The zero-order chi connectivity index (χ0) is 20.4. The van der Waals surface area contributed by atoms with Gasteiger partial charge >= 0.3 is 5.97 Å². The number of esters is 1. The molecule has 0 aliphatic carbocycles. The van der Waals surface area contributed by atoms with Crippen molar-refractivity contribution in [1.82, 2.24) is 9.97 Å². The molecule has 2 aromatic carbocycles. The molecule has 1 N–H and O–H groups in total. The summed E-state index contributed by atoms with van der Waals surface area (Å²) in [6, 6.07) is 14.8. The fourth-order valence-corrected chi connectivity index (χ4v) is 3.05. The molecule has 0 aliphatic rings. The molecule has 0 amide bonds. The lowest BCUT2D eigenvalue weighted by Crippen LogP contribution is -2.06. The zero-order valence-electron chi connectivity index (χ0n) is 16.3. The molecular formula is C22H20N2O5. The maximum Gasteiger partial charge on any atom is 0.355 e. The molecule has 0 spiro atoms. The molecule has 7 heteroatoms. The third kappa shape index (κ3) is 3.67. The van der Waals surface area contributed by atoms with Gasteiger partial charge in [-0.3, -0.25) is 0 Å². The summed E-state index contributed by atoms with van der Waals surface area (Å²) in [6.07, 6.45) is 0. The topological polar surface area (TPSA) is 86.6 Å². The first-order valence-corrected chi connectivity index (χ1v) is 9.02. The van der Waals surface area contributed by atoms with Crippen LogP contribution in [-0.4, -0.2) is 30.2 Å². The van der Waals surface area contributed by atoms with Crippen LogP contribution in [0.1, 0.15) is 21.9 Å². The number of nitrogens with one attached hydrogen (secondary N) is 1. The Morgan fingerprint density at radius 3 is 2.62 bits per heavy atom. The van der Waals surface area contributed by atoms with Gasteiger partial charge in [-0.1, -0.05) is 18.2 Å². The fraction of sp³-hybridized carbons (Fsp3) is 0.182. The van der Waals surface area contributed by atoms with Gasteiger partial charge < -0.3 is 23.6 Å². The largest absolute Gasteiger partial charge is 0.497 e. The molecule has 0 saturated carbocycles. The molecule has 7 nitrogen and oxygen atoms in total. The highest BCUT2D eigenvalue weighted by molar-refractivity contribution is 5.97. The van der Waals surface area contributed by atoms with E-state index >= 15 is 0 Å². The van der Waals surface area contributed by atoms with E-state index in [0.29, 0.717) is 40.1 Å². The van der Waals surface area contributed by atoms with Crippen molar-refractivity contribution >= 4 is 16.9 Å². The van der Waals surface area contributed by atoms with Crippen LogP contribution in [0.3, 0.4) is 0 Å². The van der Waals surface area contributed by atoms with Gasteiger partial charge in [-0.25, -0.2) is 9.78 Å². The quantitative estimate of drug-likeness (QED) is 0.486. The molecule has 2 aromatic heterocycles. The average Bonchev–Trinajstić information content (AvgIpc) is 3.35. The number of fused-ring (bicyclic) bond motifs is 1. The molecule has 2 heterocycles. The van der Waals surface area contributed by atoms with Gasteiger partial charge in [0, 0.05) is 17.0 Å². The van der Waals surface area contributed by atoms with Crippen LogP contribution in [0.4, 0.5) is 0 Å². The van der Waals surface area contributed by atoms with Crippen molar-refractivity contribution in [3.63, 3.8) is 0 Å². The number of H-pyrrole nitrogens is 1. The second-order valence-corrected chi connectivity index (χ2v) is 6.44. The number of carbonyl (C=O) groups is 1. The maximum absolute atomic E-state index is 12.5. The van der Waals surface area contributed by atoms with Crippen molar-refractivity contribution in [2.24, 2.45) is 0 Å². The Labute approximate surface area is 167 Å². The summed E-state index contributed by atoms with van der Waals surface area (Å²) in [5.74, 6) is 1.83. The van der Waals surface area contributed by atoms with E-state index in [1.807, 2.05) is 36.4 Å². The number of ether oxygens (including phenoxy) is 3. The SMILES string of the molecule is COc1cc(OC)c2[nH]c(C(=O)OCc3nc(-c4ccccc4)oc3C)cc2c1. The Kier molecular flexibility index (Phi) is 4.95. The summed E-state index contributed by atoms with van der Waals surface area (Å²) in [5, 5.41) is 0.789. The van der Waals surface area contributed by atoms with Crippen LogP contribution in [0.15, 0.2) is 52.9 Å². The smallest absolute Gasteiger partial charge is 0.355 e. The molecule has 0 unspecified atom stereocenters. The number of benzene rings is 2. The van der Waals surface area contributed by atoms with Gasteiger partial charge in [0.25, 0.3) is 0 Å². The summed E-state index contributed by atoms with van der Waals surface area (Å²) in [7, 11) is 3.14. The molecule has 0 radical (unpaired) electrons. The zero-order valence-corrected chi connectivity index (χ0v) is 16.3. The average molecular weight is 392 g/mol. The third-order valence-corrected chi connectivity index (χ3v) is 4.59.